The molecule has 1 aliphatic carbocycles. The summed E-state index contributed by atoms with van der Waals surface area (Å²) in [6.45, 7) is 6.06. The van der Waals surface area contributed by atoms with Crippen molar-refractivity contribution in [3.8, 4) is 0 Å². The van der Waals surface area contributed by atoms with Crippen LogP contribution in [0, 0.1) is 11.8 Å². The van der Waals surface area contributed by atoms with E-state index in [4.69, 9.17) is 0 Å². The van der Waals surface area contributed by atoms with Gasteiger partial charge in [-0.15, -0.1) is 0 Å². The molecule has 2 rings (SSSR count). The third kappa shape index (κ3) is 4.76. The van der Waals surface area contributed by atoms with Crippen LogP contribution in [0.3, 0.4) is 0 Å². The molecule has 21 heavy (non-hydrogen) atoms. The summed E-state index contributed by atoms with van der Waals surface area (Å²) in [7, 11) is 0. The van der Waals surface area contributed by atoms with Gasteiger partial charge in [-0.25, -0.2) is 0 Å². The van der Waals surface area contributed by atoms with Crippen molar-refractivity contribution in [3.63, 3.8) is 0 Å². The number of carbonyl (C=O) groups excluding carboxylic acids is 1. The number of amides is 1. The minimum absolute atomic E-state index is 0.0515. The highest BCUT2D eigenvalue weighted by Crippen LogP contribution is 2.30. The molecule has 0 radical (unpaired) electrons. The van der Waals surface area contributed by atoms with Gasteiger partial charge in [0.25, 0.3) is 5.91 Å². The summed E-state index contributed by atoms with van der Waals surface area (Å²) in [6, 6.07) is 7.71. The van der Waals surface area contributed by atoms with Gasteiger partial charge in [-0.1, -0.05) is 26.2 Å². The number of carbonyl (C=O) groups is 1. The highest BCUT2D eigenvalue weighted by Gasteiger charge is 2.20. The maximum atomic E-state index is 12.1. The van der Waals surface area contributed by atoms with Crippen molar-refractivity contribution in [2.24, 2.45) is 11.8 Å². The Hall–Kier alpha value is -1.51. The van der Waals surface area contributed by atoms with E-state index in [0.29, 0.717) is 5.92 Å². The largest absolute Gasteiger partial charge is 0.385 e. The maximum absolute atomic E-state index is 12.1. The van der Waals surface area contributed by atoms with Crippen LogP contribution in [0.25, 0.3) is 0 Å². The maximum Gasteiger partial charge on any atom is 0.251 e. The van der Waals surface area contributed by atoms with Crippen LogP contribution in [-0.4, -0.2) is 19.0 Å². The van der Waals surface area contributed by atoms with Crippen LogP contribution in [0.15, 0.2) is 24.3 Å². The molecule has 0 heterocycles. The number of hydrogen-bond donors (Lipinski definition) is 2. The number of rotatable bonds is 6. The molecule has 0 spiro atoms. The third-order valence-corrected chi connectivity index (χ3v) is 4.62. The highest BCUT2D eigenvalue weighted by atomic mass is 16.1. The number of anilines is 1. The summed E-state index contributed by atoms with van der Waals surface area (Å²) in [4.78, 5) is 12.1. The molecule has 0 bridgehead atoms. The molecule has 1 aromatic rings. The van der Waals surface area contributed by atoms with Gasteiger partial charge >= 0.3 is 0 Å². The number of benzene rings is 1. The molecule has 1 aliphatic rings. The second-order valence-corrected chi connectivity index (χ2v) is 6.11. The average molecular weight is 288 g/mol. The Balaban J connectivity index is 1.76. The van der Waals surface area contributed by atoms with E-state index in [1.807, 2.05) is 24.3 Å². The SMILES string of the molecule is CCNc1ccc(C(=O)NCC2CCC(CC)CC2)cc1. The summed E-state index contributed by atoms with van der Waals surface area (Å²) in [5.41, 5.74) is 1.81. The average Bonchev–Trinajstić information content (AvgIpc) is 2.54. The van der Waals surface area contributed by atoms with Crippen molar-refractivity contribution in [2.75, 3.05) is 18.4 Å². The fraction of sp³-hybridized carbons (Fsp3) is 0.611. The van der Waals surface area contributed by atoms with Crippen molar-refractivity contribution in [3.05, 3.63) is 29.8 Å². The molecule has 116 valence electrons. The Morgan fingerprint density at radius 1 is 1.05 bits per heavy atom. The Labute approximate surface area is 128 Å². The fourth-order valence-electron chi connectivity index (χ4n) is 3.13. The van der Waals surface area contributed by atoms with Crippen molar-refractivity contribution < 1.29 is 4.79 Å². The molecular weight excluding hydrogens is 260 g/mol. The first-order valence-corrected chi connectivity index (χ1v) is 8.35. The molecular formula is C18H28N2O. The lowest BCUT2D eigenvalue weighted by Crippen LogP contribution is -2.31. The predicted octanol–water partition coefficient (Wildman–Crippen LogP) is 4.06. The van der Waals surface area contributed by atoms with Crippen LogP contribution < -0.4 is 10.6 Å². The molecule has 0 aliphatic heterocycles. The zero-order valence-electron chi connectivity index (χ0n) is 13.3. The Morgan fingerprint density at radius 2 is 1.67 bits per heavy atom. The van der Waals surface area contributed by atoms with Crippen molar-refractivity contribution >= 4 is 11.6 Å². The quantitative estimate of drug-likeness (QED) is 0.828. The van der Waals surface area contributed by atoms with Crippen LogP contribution >= 0.6 is 0 Å². The van der Waals surface area contributed by atoms with Crippen LogP contribution in [0.4, 0.5) is 5.69 Å². The molecule has 0 unspecified atom stereocenters. The third-order valence-electron chi connectivity index (χ3n) is 4.62. The zero-order valence-corrected chi connectivity index (χ0v) is 13.3. The second-order valence-electron chi connectivity index (χ2n) is 6.11. The molecule has 1 aromatic carbocycles. The first kappa shape index (κ1) is 15.9. The van der Waals surface area contributed by atoms with Crippen molar-refractivity contribution in [1.82, 2.24) is 5.32 Å². The Bertz CT molecular complexity index is 433. The van der Waals surface area contributed by atoms with Crippen LogP contribution in [0.5, 0.6) is 0 Å². The summed E-state index contributed by atoms with van der Waals surface area (Å²) >= 11 is 0. The van der Waals surface area contributed by atoms with Gasteiger partial charge in [-0.05, 0) is 55.9 Å². The van der Waals surface area contributed by atoms with E-state index in [2.05, 4.69) is 24.5 Å². The first-order valence-electron chi connectivity index (χ1n) is 8.35. The predicted molar refractivity (Wildman–Crippen MR) is 88.7 cm³/mol. The van der Waals surface area contributed by atoms with Gasteiger partial charge in [-0.2, -0.15) is 0 Å². The Morgan fingerprint density at radius 3 is 2.24 bits per heavy atom. The molecule has 0 atom stereocenters. The lowest BCUT2D eigenvalue weighted by Gasteiger charge is -2.27. The molecule has 0 aromatic heterocycles. The van der Waals surface area contributed by atoms with E-state index < -0.39 is 0 Å². The molecule has 3 nitrogen and oxygen atoms in total. The van der Waals surface area contributed by atoms with E-state index in [1.54, 1.807) is 0 Å². The van der Waals surface area contributed by atoms with Crippen LogP contribution in [-0.2, 0) is 0 Å². The van der Waals surface area contributed by atoms with Crippen molar-refractivity contribution in [1.29, 1.82) is 0 Å². The van der Waals surface area contributed by atoms with E-state index in [9.17, 15) is 4.79 Å². The van der Waals surface area contributed by atoms with Crippen molar-refractivity contribution in [2.45, 2.75) is 46.0 Å². The fourth-order valence-corrected chi connectivity index (χ4v) is 3.13. The van der Waals surface area contributed by atoms with Gasteiger partial charge in [-0.3, -0.25) is 4.79 Å². The minimum Gasteiger partial charge on any atom is -0.385 e. The molecule has 1 saturated carbocycles. The van der Waals surface area contributed by atoms with Gasteiger partial charge in [0, 0.05) is 24.3 Å². The van der Waals surface area contributed by atoms with Crippen LogP contribution in [0.1, 0.15) is 56.3 Å². The van der Waals surface area contributed by atoms with Crippen LogP contribution in [0.2, 0.25) is 0 Å². The first-order chi connectivity index (χ1) is 10.2. The Kier molecular flexibility index (Phi) is 6.09. The number of hydrogen-bond acceptors (Lipinski definition) is 2. The van der Waals surface area contributed by atoms with Gasteiger partial charge in [0.15, 0.2) is 0 Å². The van der Waals surface area contributed by atoms with Gasteiger partial charge < -0.3 is 10.6 Å². The molecule has 0 saturated heterocycles. The van der Waals surface area contributed by atoms with E-state index >= 15 is 0 Å². The summed E-state index contributed by atoms with van der Waals surface area (Å²) in [6.07, 6.45) is 6.48. The minimum atomic E-state index is 0.0515. The number of nitrogens with one attached hydrogen (secondary N) is 2. The smallest absolute Gasteiger partial charge is 0.251 e. The van der Waals surface area contributed by atoms with Gasteiger partial charge in [0.1, 0.15) is 0 Å². The summed E-state index contributed by atoms with van der Waals surface area (Å²) in [5, 5.41) is 6.33. The molecule has 1 fully saturated rings. The summed E-state index contributed by atoms with van der Waals surface area (Å²) < 4.78 is 0. The lowest BCUT2D eigenvalue weighted by molar-refractivity contribution is 0.0941. The normalized spacial score (nSPS) is 21.8. The van der Waals surface area contributed by atoms with E-state index in [1.165, 1.54) is 32.1 Å². The standard InChI is InChI=1S/C18H28N2O/c1-3-14-5-7-15(8-6-14)13-20-18(21)16-9-11-17(12-10-16)19-4-2/h9-12,14-15,19H,3-8,13H2,1-2H3,(H,20,21). The topological polar surface area (TPSA) is 41.1 Å². The van der Waals surface area contributed by atoms with E-state index in [0.717, 1.165) is 30.3 Å². The highest BCUT2D eigenvalue weighted by molar-refractivity contribution is 5.94. The zero-order chi connectivity index (χ0) is 15.1. The lowest BCUT2D eigenvalue weighted by atomic mass is 9.81. The molecule has 1 amide bonds. The summed E-state index contributed by atoms with van der Waals surface area (Å²) in [5.74, 6) is 1.63. The molecule has 3 heteroatoms. The molecule has 2 N–H and O–H groups in total. The van der Waals surface area contributed by atoms with E-state index in [-0.39, 0.29) is 5.91 Å². The van der Waals surface area contributed by atoms with Gasteiger partial charge in [0.2, 0.25) is 0 Å². The monoisotopic (exact) mass is 288 g/mol. The second kappa shape index (κ2) is 8.06. The van der Waals surface area contributed by atoms with Gasteiger partial charge in [0.05, 0.1) is 0 Å².